The molecule has 0 heterocycles. The molecular weight excluding hydrogens is 194 g/mol. The quantitative estimate of drug-likeness (QED) is 0.481. The maximum Gasteiger partial charge on any atom is 0.417 e. The van der Waals surface area contributed by atoms with E-state index in [2.05, 4.69) is 4.74 Å². The molecule has 0 atom stereocenters. The Morgan fingerprint density at radius 2 is 1.80 bits per heavy atom. The normalized spacial score (nSPS) is 9.87. The van der Waals surface area contributed by atoms with Crippen LogP contribution in [0, 0.1) is 0 Å². The molecule has 0 unspecified atom stereocenters. The first-order valence-electron chi connectivity index (χ1n) is 4.57. The Labute approximate surface area is 88.2 Å². The average Bonchev–Trinajstić information content (AvgIpc) is 2.15. The molecule has 1 aromatic rings. The third-order valence-corrected chi connectivity index (χ3v) is 2.07. The minimum Gasteiger partial charge on any atom is -0.457 e. The first-order chi connectivity index (χ1) is 7.15. The topological polar surface area (TPSA) is 104 Å². The molecule has 0 spiro atoms. The summed E-state index contributed by atoms with van der Waals surface area (Å²) < 4.78 is 4.45. The predicted octanol–water partition coefficient (Wildman–Crippen LogP) is 0.450. The van der Waals surface area contributed by atoms with Crippen molar-refractivity contribution >= 4 is 23.5 Å². The van der Waals surface area contributed by atoms with Gasteiger partial charge >= 0.3 is 6.47 Å². The van der Waals surface area contributed by atoms with Crippen LogP contribution < -0.4 is 17.2 Å². The van der Waals surface area contributed by atoms with Crippen LogP contribution in [0.2, 0.25) is 0 Å². The van der Waals surface area contributed by atoms with Gasteiger partial charge in [-0.15, -0.1) is 0 Å². The Kier molecular flexibility index (Phi) is 3.79. The Morgan fingerprint density at radius 3 is 2.33 bits per heavy atom. The lowest BCUT2D eigenvalue weighted by Gasteiger charge is -2.09. The Balaban J connectivity index is 2.64. The first kappa shape index (κ1) is 11.2. The number of rotatable bonds is 5. The number of nitrogen functional groups attached to an aromatic ring is 3. The van der Waals surface area contributed by atoms with Crippen LogP contribution in [0.1, 0.15) is 12.0 Å². The fraction of sp³-hybridized carbons (Fsp3) is 0.300. The monoisotopic (exact) mass is 208 g/mol. The molecule has 0 amide bonds. The summed E-state index contributed by atoms with van der Waals surface area (Å²) in [7, 11) is 0. The second-order valence-corrected chi connectivity index (χ2v) is 3.21. The zero-order valence-electron chi connectivity index (χ0n) is 8.32. The smallest absolute Gasteiger partial charge is 0.417 e. The van der Waals surface area contributed by atoms with E-state index in [0.717, 1.165) is 5.56 Å². The van der Waals surface area contributed by atoms with E-state index >= 15 is 0 Å². The molecule has 15 heavy (non-hydrogen) atoms. The highest BCUT2D eigenvalue weighted by Gasteiger charge is 2.05. The molecule has 0 fully saturated rings. The van der Waals surface area contributed by atoms with Crippen LogP contribution >= 0.6 is 0 Å². The molecule has 6 N–H and O–H groups in total. The zero-order valence-corrected chi connectivity index (χ0v) is 8.32. The Hall–Kier alpha value is -1.91. The predicted molar refractivity (Wildman–Crippen MR) is 59.6 cm³/mol. The largest absolute Gasteiger partial charge is 0.457 e. The van der Waals surface area contributed by atoms with Crippen LogP contribution in [0.15, 0.2) is 12.1 Å². The highest BCUT2D eigenvalue weighted by molar-refractivity contribution is 5.68. The number of hydrogen-bond donors (Lipinski definition) is 3. The van der Waals surface area contributed by atoms with E-state index in [-0.39, 0.29) is 0 Å². The first-order valence-corrected chi connectivity index (χ1v) is 4.57. The van der Waals surface area contributed by atoms with Crippen molar-refractivity contribution < 1.29 is 9.53 Å². The summed E-state index contributed by atoms with van der Waals surface area (Å²) in [4.78, 5) is 9.78. The molecule has 1 aromatic carbocycles. The molecule has 0 aromatic heterocycles. The van der Waals surface area contributed by atoms with Crippen molar-refractivity contribution in [3.63, 3.8) is 0 Å². The summed E-state index contributed by atoms with van der Waals surface area (Å²) in [5, 5.41) is 0. The third-order valence-electron chi connectivity index (χ3n) is 2.07. The Bertz CT molecular complexity index is 330. The summed E-state index contributed by atoms with van der Waals surface area (Å²) in [6, 6.07) is 3.33. The van der Waals surface area contributed by atoms with Gasteiger partial charge in [-0.1, -0.05) is 0 Å². The number of carbonyl (C=O) groups excluding carboxylic acids is 1. The van der Waals surface area contributed by atoms with Crippen LogP contribution in [-0.4, -0.2) is 13.1 Å². The highest BCUT2D eigenvalue weighted by atomic mass is 16.5. The molecule has 0 aliphatic carbocycles. The molecule has 0 bridgehead atoms. The van der Waals surface area contributed by atoms with E-state index in [1.165, 1.54) is 6.47 Å². The van der Waals surface area contributed by atoms with Gasteiger partial charge in [-0.05, 0) is 30.5 Å². The van der Waals surface area contributed by atoms with Crippen molar-refractivity contribution in [1.29, 1.82) is 0 Å². The maximum absolute atomic E-state index is 9.78. The van der Waals surface area contributed by atoms with Crippen molar-refractivity contribution in [2.24, 2.45) is 0 Å². The lowest BCUT2D eigenvalue weighted by atomic mass is 10.0. The molecule has 0 saturated carbocycles. The fourth-order valence-electron chi connectivity index (χ4n) is 1.39. The maximum atomic E-state index is 9.78. The van der Waals surface area contributed by atoms with Gasteiger partial charge in [0.1, 0.15) is 0 Å². The van der Waals surface area contributed by atoms with Crippen LogP contribution in [0.25, 0.3) is 0 Å². The molecule has 81 valence electrons. The molecule has 0 saturated heterocycles. The van der Waals surface area contributed by atoms with E-state index in [4.69, 9.17) is 17.2 Å². The number of ether oxygens (including phenoxy) is 1. The van der Waals surface area contributed by atoms with Gasteiger partial charge in [0, 0.05) is 17.1 Å². The van der Waals surface area contributed by atoms with Gasteiger partial charge in [0.15, 0.2) is 0 Å². The minimum absolute atomic E-state index is 0.312. The van der Waals surface area contributed by atoms with Crippen LogP contribution in [0.5, 0.6) is 0 Å². The van der Waals surface area contributed by atoms with Gasteiger partial charge in [-0.2, -0.15) is 0 Å². The standard InChI is InChI=1S/C10H14N3O2/c11-7-4-9(12)8(10(13)5-7)2-1-3-15-6-14/h4-5H,1-3,11-13H2. The summed E-state index contributed by atoms with van der Waals surface area (Å²) in [6.07, 6.45) is 1.31. The van der Waals surface area contributed by atoms with E-state index in [1.54, 1.807) is 12.1 Å². The van der Waals surface area contributed by atoms with E-state index < -0.39 is 0 Å². The van der Waals surface area contributed by atoms with E-state index in [1.807, 2.05) is 0 Å². The van der Waals surface area contributed by atoms with Gasteiger partial charge in [-0.3, -0.25) is 0 Å². The minimum atomic E-state index is 0.312. The number of hydrogen-bond acceptors (Lipinski definition) is 5. The van der Waals surface area contributed by atoms with Crippen LogP contribution in [0.4, 0.5) is 17.1 Å². The summed E-state index contributed by atoms with van der Waals surface area (Å²) in [5.41, 5.74) is 19.6. The second kappa shape index (κ2) is 5.09. The van der Waals surface area contributed by atoms with Gasteiger partial charge in [-0.25, -0.2) is 4.79 Å². The molecule has 0 aliphatic rings. The van der Waals surface area contributed by atoms with E-state index in [9.17, 15) is 4.79 Å². The van der Waals surface area contributed by atoms with Crippen LogP contribution in [0.3, 0.4) is 0 Å². The summed E-state index contributed by atoms with van der Waals surface area (Å²) in [5.74, 6) is 0. The van der Waals surface area contributed by atoms with Crippen LogP contribution in [-0.2, 0) is 16.0 Å². The fourth-order valence-corrected chi connectivity index (χ4v) is 1.39. The molecule has 0 aliphatic heterocycles. The third kappa shape index (κ3) is 3.05. The van der Waals surface area contributed by atoms with Gasteiger partial charge < -0.3 is 21.9 Å². The Morgan fingerprint density at radius 1 is 1.20 bits per heavy atom. The van der Waals surface area contributed by atoms with Gasteiger partial charge in [0.2, 0.25) is 0 Å². The van der Waals surface area contributed by atoms with Crippen molar-refractivity contribution in [2.45, 2.75) is 12.8 Å². The molecular formula is C10H14N3O2. The van der Waals surface area contributed by atoms with Crippen molar-refractivity contribution in [2.75, 3.05) is 23.8 Å². The number of benzene rings is 1. The average molecular weight is 208 g/mol. The second-order valence-electron chi connectivity index (χ2n) is 3.21. The molecule has 5 heteroatoms. The number of anilines is 3. The van der Waals surface area contributed by atoms with Gasteiger partial charge in [0.05, 0.1) is 6.61 Å². The van der Waals surface area contributed by atoms with Gasteiger partial charge in [0.25, 0.3) is 0 Å². The molecule has 1 radical (unpaired) electrons. The summed E-state index contributed by atoms with van der Waals surface area (Å²) in [6.45, 7) is 1.67. The number of nitrogens with two attached hydrogens (primary N) is 3. The van der Waals surface area contributed by atoms with Crippen molar-refractivity contribution in [3.8, 4) is 0 Å². The highest BCUT2D eigenvalue weighted by Crippen LogP contribution is 2.24. The molecule has 1 rings (SSSR count). The SMILES string of the molecule is Nc1cc(N)c(CCCO[C]=O)c(N)c1. The van der Waals surface area contributed by atoms with Crippen molar-refractivity contribution in [3.05, 3.63) is 17.7 Å². The zero-order chi connectivity index (χ0) is 11.3. The van der Waals surface area contributed by atoms with Crippen molar-refractivity contribution in [1.82, 2.24) is 0 Å². The lowest BCUT2D eigenvalue weighted by Crippen LogP contribution is -2.04. The summed E-state index contributed by atoms with van der Waals surface area (Å²) >= 11 is 0. The van der Waals surface area contributed by atoms with E-state index in [0.29, 0.717) is 36.5 Å². The lowest BCUT2D eigenvalue weighted by molar-refractivity contribution is 0.273. The molecule has 5 nitrogen and oxygen atoms in total.